The van der Waals surface area contributed by atoms with Gasteiger partial charge in [0.25, 0.3) is 5.91 Å². The maximum absolute atomic E-state index is 12.5. The van der Waals surface area contributed by atoms with Gasteiger partial charge in [-0.3, -0.25) is 9.59 Å². The van der Waals surface area contributed by atoms with E-state index in [1.165, 1.54) is 0 Å². The molecule has 28 heavy (non-hydrogen) atoms. The first kappa shape index (κ1) is 17.9. The summed E-state index contributed by atoms with van der Waals surface area (Å²) in [6, 6.07) is 14.9. The number of aryl methyl sites for hydroxylation is 1. The molecule has 0 radical (unpaired) electrons. The van der Waals surface area contributed by atoms with E-state index in [2.05, 4.69) is 15.5 Å². The lowest BCUT2D eigenvalue weighted by molar-refractivity contribution is -0.117. The zero-order valence-electron chi connectivity index (χ0n) is 15.5. The fourth-order valence-corrected chi connectivity index (χ4v) is 3.22. The van der Waals surface area contributed by atoms with Crippen molar-refractivity contribution in [3.63, 3.8) is 0 Å². The molecule has 0 saturated carbocycles. The highest BCUT2D eigenvalue weighted by atomic mass is 16.5. The third kappa shape index (κ3) is 3.78. The van der Waals surface area contributed by atoms with Crippen LogP contribution in [0.15, 0.2) is 53.1 Å². The minimum Gasteiger partial charge on any atom is -0.343 e. The Bertz CT molecular complexity index is 1030. The van der Waals surface area contributed by atoms with Crippen molar-refractivity contribution in [3.8, 4) is 11.4 Å². The van der Waals surface area contributed by atoms with Gasteiger partial charge in [0.1, 0.15) is 0 Å². The summed E-state index contributed by atoms with van der Waals surface area (Å²) in [6.45, 7) is 2.81. The van der Waals surface area contributed by atoms with Crippen LogP contribution in [0.3, 0.4) is 0 Å². The highest BCUT2D eigenvalue weighted by Crippen LogP contribution is 2.22. The van der Waals surface area contributed by atoms with Crippen molar-refractivity contribution in [1.29, 1.82) is 0 Å². The van der Waals surface area contributed by atoms with Gasteiger partial charge in [-0.15, -0.1) is 0 Å². The molecule has 7 nitrogen and oxygen atoms in total. The molecule has 4 rings (SSSR count). The summed E-state index contributed by atoms with van der Waals surface area (Å²) in [4.78, 5) is 30.4. The number of carbonyl (C=O) groups is 2. The summed E-state index contributed by atoms with van der Waals surface area (Å²) in [5.74, 6) is 0.647. The average molecular weight is 376 g/mol. The second-order valence-electron chi connectivity index (χ2n) is 6.76. The van der Waals surface area contributed by atoms with Crippen molar-refractivity contribution in [1.82, 2.24) is 15.5 Å². The molecule has 0 bridgehead atoms. The minimum atomic E-state index is -0.260. The van der Waals surface area contributed by atoms with Gasteiger partial charge in [0.15, 0.2) is 0 Å². The van der Waals surface area contributed by atoms with Gasteiger partial charge in [0.05, 0.1) is 6.54 Å². The Morgan fingerprint density at radius 1 is 1.21 bits per heavy atom. The monoisotopic (exact) mass is 376 g/mol. The van der Waals surface area contributed by atoms with Gasteiger partial charge in [-0.25, -0.2) is 0 Å². The van der Waals surface area contributed by atoms with Gasteiger partial charge in [-0.1, -0.05) is 35.0 Å². The highest BCUT2D eigenvalue weighted by Gasteiger charge is 2.22. The third-order valence-electron chi connectivity index (χ3n) is 4.64. The number of aromatic nitrogens is 2. The second kappa shape index (κ2) is 7.64. The SMILES string of the molecule is Cc1cccc(-c2noc(CNC(=O)c3cccc(N4CCCC4=O)c3)n2)c1. The molecule has 0 atom stereocenters. The van der Waals surface area contributed by atoms with E-state index in [4.69, 9.17) is 4.52 Å². The summed E-state index contributed by atoms with van der Waals surface area (Å²) in [5, 5.41) is 6.75. The van der Waals surface area contributed by atoms with Crippen LogP contribution in [0.4, 0.5) is 5.69 Å². The van der Waals surface area contributed by atoms with Crippen LogP contribution in [-0.4, -0.2) is 28.5 Å². The normalized spacial score (nSPS) is 13.8. The zero-order chi connectivity index (χ0) is 19.5. The van der Waals surface area contributed by atoms with Crippen LogP contribution in [-0.2, 0) is 11.3 Å². The van der Waals surface area contributed by atoms with Crippen LogP contribution in [0.5, 0.6) is 0 Å². The molecule has 7 heteroatoms. The van der Waals surface area contributed by atoms with Crippen LogP contribution in [0.2, 0.25) is 0 Å². The Morgan fingerprint density at radius 2 is 2.07 bits per heavy atom. The molecular formula is C21H20N4O3. The number of nitrogens with zero attached hydrogens (tertiary/aromatic N) is 3. The van der Waals surface area contributed by atoms with E-state index in [-0.39, 0.29) is 18.4 Å². The summed E-state index contributed by atoms with van der Waals surface area (Å²) in [7, 11) is 0. The van der Waals surface area contributed by atoms with Crippen LogP contribution in [0.1, 0.15) is 34.7 Å². The molecule has 2 aromatic carbocycles. The van der Waals surface area contributed by atoms with E-state index in [0.29, 0.717) is 30.2 Å². The van der Waals surface area contributed by atoms with Gasteiger partial charge < -0.3 is 14.7 Å². The predicted molar refractivity (Wildman–Crippen MR) is 104 cm³/mol. The third-order valence-corrected chi connectivity index (χ3v) is 4.64. The fourth-order valence-electron chi connectivity index (χ4n) is 3.22. The Balaban J connectivity index is 1.42. The van der Waals surface area contributed by atoms with Crippen LogP contribution in [0, 0.1) is 6.92 Å². The van der Waals surface area contributed by atoms with Gasteiger partial charge >= 0.3 is 0 Å². The van der Waals surface area contributed by atoms with E-state index >= 15 is 0 Å². The molecular weight excluding hydrogens is 356 g/mol. The summed E-state index contributed by atoms with van der Waals surface area (Å²) >= 11 is 0. The smallest absolute Gasteiger partial charge is 0.251 e. The molecule has 1 fully saturated rings. The van der Waals surface area contributed by atoms with E-state index in [1.807, 2.05) is 37.3 Å². The Hall–Kier alpha value is -3.48. The van der Waals surface area contributed by atoms with Gasteiger partial charge in [0.2, 0.25) is 17.6 Å². The van der Waals surface area contributed by atoms with Crippen molar-refractivity contribution in [2.45, 2.75) is 26.3 Å². The standard InChI is InChI=1S/C21H20N4O3/c1-14-5-2-6-15(11-14)20-23-18(28-24-20)13-22-21(27)16-7-3-8-17(12-16)25-10-4-9-19(25)26/h2-3,5-8,11-12H,4,9-10,13H2,1H3,(H,22,27). The summed E-state index contributed by atoms with van der Waals surface area (Å²) < 4.78 is 5.24. The molecule has 0 spiro atoms. The first-order chi connectivity index (χ1) is 13.6. The molecule has 1 N–H and O–H groups in total. The number of hydrogen-bond acceptors (Lipinski definition) is 5. The molecule has 0 aliphatic carbocycles. The first-order valence-corrected chi connectivity index (χ1v) is 9.18. The topological polar surface area (TPSA) is 88.3 Å². The maximum Gasteiger partial charge on any atom is 0.251 e. The first-order valence-electron chi connectivity index (χ1n) is 9.18. The molecule has 1 aliphatic rings. The van der Waals surface area contributed by atoms with E-state index in [1.54, 1.807) is 23.1 Å². The molecule has 1 aliphatic heterocycles. The Morgan fingerprint density at radius 3 is 2.86 bits per heavy atom. The molecule has 2 heterocycles. The van der Waals surface area contributed by atoms with Crippen LogP contribution in [0.25, 0.3) is 11.4 Å². The second-order valence-corrected chi connectivity index (χ2v) is 6.76. The fraction of sp³-hybridized carbons (Fsp3) is 0.238. The lowest BCUT2D eigenvalue weighted by Gasteiger charge is -2.16. The minimum absolute atomic E-state index is 0.0899. The Kier molecular flexibility index (Phi) is 4.89. The summed E-state index contributed by atoms with van der Waals surface area (Å²) in [5.41, 5.74) is 3.20. The van der Waals surface area contributed by atoms with Crippen molar-refractivity contribution < 1.29 is 14.1 Å². The summed E-state index contributed by atoms with van der Waals surface area (Å²) in [6.07, 6.45) is 1.40. The lowest BCUT2D eigenvalue weighted by atomic mass is 10.1. The van der Waals surface area contributed by atoms with E-state index in [9.17, 15) is 9.59 Å². The van der Waals surface area contributed by atoms with Crippen molar-refractivity contribution in [3.05, 3.63) is 65.5 Å². The van der Waals surface area contributed by atoms with Crippen molar-refractivity contribution >= 4 is 17.5 Å². The number of carbonyl (C=O) groups excluding carboxylic acids is 2. The lowest BCUT2D eigenvalue weighted by Crippen LogP contribution is -2.25. The van der Waals surface area contributed by atoms with Crippen LogP contribution >= 0.6 is 0 Å². The number of rotatable bonds is 5. The van der Waals surface area contributed by atoms with E-state index in [0.717, 1.165) is 23.2 Å². The van der Waals surface area contributed by atoms with Gasteiger partial charge in [-0.2, -0.15) is 4.98 Å². The van der Waals surface area contributed by atoms with E-state index < -0.39 is 0 Å². The number of hydrogen-bond donors (Lipinski definition) is 1. The largest absolute Gasteiger partial charge is 0.343 e. The molecule has 1 saturated heterocycles. The molecule has 142 valence electrons. The zero-order valence-corrected chi connectivity index (χ0v) is 15.5. The molecule has 0 unspecified atom stereocenters. The maximum atomic E-state index is 12.5. The molecule has 1 aromatic heterocycles. The van der Waals surface area contributed by atoms with Crippen molar-refractivity contribution in [2.75, 3.05) is 11.4 Å². The number of benzene rings is 2. The Labute approximate surface area is 162 Å². The number of anilines is 1. The van der Waals surface area contributed by atoms with Gasteiger partial charge in [0, 0.05) is 29.8 Å². The predicted octanol–water partition coefficient (Wildman–Crippen LogP) is 3.10. The molecule has 3 aromatic rings. The number of amides is 2. The molecule has 2 amide bonds. The number of nitrogens with one attached hydrogen (secondary N) is 1. The van der Waals surface area contributed by atoms with Crippen LogP contribution < -0.4 is 10.2 Å². The highest BCUT2D eigenvalue weighted by molar-refractivity contribution is 5.99. The van der Waals surface area contributed by atoms with Crippen molar-refractivity contribution in [2.24, 2.45) is 0 Å². The quantitative estimate of drug-likeness (QED) is 0.739. The average Bonchev–Trinajstić information content (AvgIpc) is 3.35. The van der Waals surface area contributed by atoms with Gasteiger partial charge in [-0.05, 0) is 37.6 Å².